The molecule has 3 rings (SSSR count). The zero-order valence-electron chi connectivity index (χ0n) is 11.2. The Morgan fingerprint density at radius 2 is 2.11 bits per heavy atom. The van der Waals surface area contributed by atoms with E-state index in [9.17, 15) is 0 Å². The van der Waals surface area contributed by atoms with Crippen LogP contribution in [0.4, 0.5) is 0 Å². The summed E-state index contributed by atoms with van der Waals surface area (Å²) >= 11 is 1.92. The monoisotopic (exact) mass is 262 g/mol. The molecule has 0 radical (unpaired) electrons. The first-order chi connectivity index (χ1) is 8.88. The second-order valence-corrected chi connectivity index (χ2v) is 6.44. The number of hydrogen-bond donors (Lipinski definition) is 0. The van der Waals surface area contributed by atoms with Crippen LogP contribution in [0.2, 0.25) is 0 Å². The van der Waals surface area contributed by atoms with E-state index in [0.29, 0.717) is 0 Å². The number of hydrogen-bond acceptors (Lipinski definition) is 2. The first-order valence-corrected chi connectivity index (χ1v) is 8.18. The molecular formula is C15H22N2S. The number of aromatic nitrogens is 2. The maximum Gasteiger partial charge on any atom is 0.194 e. The van der Waals surface area contributed by atoms with Crippen molar-refractivity contribution in [3.63, 3.8) is 0 Å². The molecule has 3 heteroatoms. The summed E-state index contributed by atoms with van der Waals surface area (Å²) in [7, 11) is 0. The number of imidazole rings is 1. The van der Waals surface area contributed by atoms with E-state index in [0.717, 1.165) is 6.42 Å². The summed E-state index contributed by atoms with van der Waals surface area (Å²) in [4.78, 5) is 7.61. The van der Waals surface area contributed by atoms with Crippen LogP contribution >= 0.6 is 11.3 Å². The Morgan fingerprint density at radius 3 is 3.00 bits per heavy atom. The Hall–Kier alpha value is -0.830. The largest absolute Gasteiger partial charge is 0.294 e. The summed E-state index contributed by atoms with van der Waals surface area (Å²) in [5.74, 6) is 0. The average molecular weight is 262 g/mol. The quantitative estimate of drug-likeness (QED) is 0.730. The van der Waals surface area contributed by atoms with Crippen molar-refractivity contribution in [2.45, 2.75) is 64.7 Å². The lowest BCUT2D eigenvalue weighted by atomic mass is 10.0. The van der Waals surface area contributed by atoms with Gasteiger partial charge in [0.1, 0.15) is 0 Å². The van der Waals surface area contributed by atoms with Crippen molar-refractivity contribution in [1.29, 1.82) is 0 Å². The molecule has 0 amide bonds. The van der Waals surface area contributed by atoms with Crippen molar-refractivity contribution in [3.05, 3.63) is 22.5 Å². The molecule has 0 aromatic carbocycles. The summed E-state index contributed by atoms with van der Waals surface area (Å²) in [6, 6.07) is 0. The van der Waals surface area contributed by atoms with E-state index in [-0.39, 0.29) is 0 Å². The molecule has 0 atom stereocenters. The SMILES string of the molecule is CCCCCCc1cn2c3c(sc2n1)CCCC3. The van der Waals surface area contributed by atoms with Gasteiger partial charge < -0.3 is 0 Å². The minimum atomic E-state index is 1.16. The van der Waals surface area contributed by atoms with Gasteiger partial charge in [-0.05, 0) is 38.5 Å². The van der Waals surface area contributed by atoms with Crippen LogP contribution in [0.3, 0.4) is 0 Å². The van der Waals surface area contributed by atoms with Gasteiger partial charge in [-0.15, -0.1) is 11.3 Å². The highest BCUT2D eigenvalue weighted by Crippen LogP contribution is 2.30. The second kappa shape index (κ2) is 5.43. The molecule has 2 aromatic heterocycles. The van der Waals surface area contributed by atoms with Crippen LogP contribution in [0, 0.1) is 0 Å². The third kappa shape index (κ3) is 2.33. The fraction of sp³-hybridized carbons (Fsp3) is 0.667. The normalized spacial score (nSPS) is 15.2. The van der Waals surface area contributed by atoms with Crippen molar-refractivity contribution in [2.24, 2.45) is 0 Å². The molecule has 0 N–H and O–H groups in total. The number of nitrogens with zero attached hydrogens (tertiary/aromatic N) is 2. The fourth-order valence-electron chi connectivity index (χ4n) is 2.87. The maximum atomic E-state index is 4.80. The predicted octanol–water partition coefficient (Wildman–Crippen LogP) is 4.40. The van der Waals surface area contributed by atoms with E-state index < -0.39 is 0 Å². The number of unbranched alkanes of at least 4 members (excludes halogenated alkanes) is 3. The highest BCUT2D eigenvalue weighted by atomic mass is 32.1. The number of thiazole rings is 1. The summed E-state index contributed by atoms with van der Waals surface area (Å²) < 4.78 is 2.37. The van der Waals surface area contributed by atoms with Gasteiger partial charge in [-0.2, -0.15) is 0 Å². The van der Waals surface area contributed by atoms with Gasteiger partial charge in [0.15, 0.2) is 4.96 Å². The molecule has 0 unspecified atom stereocenters. The van der Waals surface area contributed by atoms with Gasteiger partial charge >= 0.3 is 0 Å². The molecule has 2 aromatic rings. The van der Waals surface area contributed by atoms with E-state index in [1.165, 1.54) is 62.0 Å². The Morgan fingerprint density at radius 1 is 1.22 bits per heavy atom. The molecular weight excluding hydrogens is 240 g/mol. The molecule has 1 aliphatic rings. The average Bonchev–Trinajstić information content (AvgIpc) is 2.91. The Labute approximate surface area is 113 Å². The smallest absolute Gasteiger partial charge is 0.194 e. The van der Waals surface area contributed by atoms with Crippen LogP contribution in [0.25, 0.3) is 4.96 Å². The van der Waals surface area contributed by atoms with Gasteiger partial charge in [-0.3, -0.25) is 4.40 Å². The van der Waals surface area contributed by atoms with Gasteiger partial charge in [-0.1, -0.05) is 26.2 Å². The summed E-state index contributed by atoms with van der Waals surface area (Å²) in [6.07, 6.45) is 14.0. The summed E-state index contributed by atoms with van der Waals surface area (Å²) in [5.41, 5.74) is 2.85. The Kier molecular flexibility index (Phi) is 3.69. The van der Waals surface area contributed by atoms with E-state index in [1.54, 1.807) is 10.6 Å². The van der Waals surface area contributed by atoms with Gasteiger partial charge in [0.25, 0.3) is 0 Å². The molecule has 0 fully saturated rings. The first-order valence-electron chi connectivity index (χ1n) is 7.37. The van der Waals surface area contributed by atoms with Crippen LogP contribution in [0.1, 0.15) is 61.7 Å². The van der Waals surface area contributed by atoms with E-state index in [1.807, 2.05) is 11.3 Å². The molecule has 0 bridgehead atoms. The van der Waals surface area contributed by atoms with Gasteiger partial charge in [0, 0.05) is 16.8 Å². The third-order valence-corrected chi connectivity index (χ3v) is 5.06. The van der Waals surface area contributed by atoms with Crippen molar-refractivity contribution in [2.75, 3.05) is 0 Å². The van der Waals surface area contributed by atoms with Crippen molar-refractivity contribution in [3.8, 4) is 0 Å². The van der Waals surface area contributed by atoms with Crippen LogP contribution < -0.4 is 0 Å². The minimum Gasteiger partial charge on any atom is -0.294 e. The lowest BCUT2D eigenvalue weighted by Crippen LogP contribution is -2.01. The van der Waals surface area contributed by atoms with Gasteiger partial charge in [0.05, 0.1) is 5.69 Å². The zero-order chi connectivity index (χ0) is 12.4. The second-order valence-electron chi connectivity index (χ2n) is 5.37. The highest BCUT2D eigenvalue weighted by molar-refractivity contribution is 7.17. The Balaban J connectivity index is 1.73. The zero-order valence-corrected chi connectivity index (χ0v) is 12.1. The summed E-state index contributed by atoms with van der Waals surface area (Å²) in [6.45, 7) is 2.26. The van der Waals surface area contributed by atoms with E-state index in [2.05, 4.69) is 17.5 Å². The number of fused-ring (bicyclic) bond motifs is 3. The molecule has 98 valence electrons. The van der Waals surface area contributed by atoms with Crippen LogP contribution in [0.5, 0.6) is 0 Å². The number of aryl methyl sites for hydroxylation is 3. The molecule has 0 aliphatic heterocycles. The van der Waals surface area contributed by atoms with Crippen LogP contribution in [-0.2, 0) is 19.3 Å². The molecule has 0 saturated heterocycles. The van der Waals surface area contributed by atoms with Gasteiger partial charge in [0.2, 0.25) is 0 Å². The van der Waals surface area contributed by atoms with E-state index >= 15 is 0 Å². The predicted molar refractivity (Wildman–Crippen MR) is 77.6 cm³/mol. The van der Waals surface area contributed by atoms with Crippen molar-refractivity contribution >= 4 is 16.3 Å². The highest BCUT2D eigenvalue weighted by Gasteiger charge is 2.17. The molecule has 2 heterocycles. The molecule has 0 spiro atoms. The van der Waals surface area contributed by atoms with Crippen LogP contribution in [0.15, 0.2) is 6.20 Å². The van der Waals surface area contributed by atoms with Crippen molar-refractivity contribution < 1.29 is 0 Å². The molecule has 0 saturated carbocycles. The maximum absolute atomic E-state index is 4.80. The molecule has 1 aliphatic carbocycles. The van der Waals surface area contributed by atoms with Crippen molar-refractivity contribution in [1.82, 2.24) is 9.38 Å². The Bertz CT molecular complexity index is 524. The number of rotatable bonds is 5. The first kappa shape index (κ1) is 12.2. The minimum absolute atomic E-state index is 1.16. The standard InChI is InChI=1S/C15H22N2S/c1-2-3-4-5-8-12-11-17-13-9-6-7-10-14(13)18-15(17)16-12/h11H,2-10H2,1H3. The third-order valence-electron chi connectivity index (χ3n) is 3.90. The molecule has 2 nitrogen and oxygen atoms in total. The fourth-order valence-corrected chi connectivity index (χ4v) is 4.07. The lowest BCUT2D eigenvalue weighted by Gasteiger charge is -2.09. The topological polar surface area (TPSA) is 17.3 Å². The van der Waals surface area contributed by atoms with Crippen LogP contribution in [-0.4, -0.2) is 9.38 Å². The lowest BCUT2D eigenvalue weighted by molar-refractivity contribution is 0.660. The van der Waals surface area contributed by atoms with Gasteiger partial charge in [-0.25, -0.2) is 4.98 Å². The molecule has 18 heavy (non-hydrogen) atoms. The summed E-state index contributed by atoms with van der Waals surface area (Å²) in [5, 5.41) is 0. The van der Waals surface area contributed by atoms with E-state index in [4.69, 9.17) is 4.98 Å².